The van der Waals surface area contributed by atoms with Crippen LogP contribution in [0.25, 0.3) is 11.3 Å². The maximum absolute atomic E-state index is 13.1. The normalized spacial score (nSPS) is 13.7. The van der Waals surface area contributed by atoms with E-state index >= 15 is 0 Å². The van der Waals surface area contributed by atoms with Crippen LogP contribution < -0.4 is 9.47 Å². The fourth-order valence-corrected chi connectivity index (χ4v) is 3.72. The zero-order chi connectivity index (χ0) is 22.9. The summed E-state index contributed by atoms with van der Waals surface area (Å²) < 4.78 is 21.3. The summed E-state index contributed by atoms with van der Waals surface area (Å²) in [5, 5.41) is 3.97. The molecule has 0 unspecified atom stereocenters. The van der Waals surface area contributed by atoms with Crippen molar-refractivity contribution in [2.24, 2.45) is 0 Å². The van der Waals surface area contributed by atoms with Gasteiger partial charge in [-0.3, -0.25) is 9.59 Å². The third kappa shape index (κ3) is 5.79. The first kappa shape index (κ1) is 23.6. The fraction of sp³-hybridized carbons (Fsp3) is 0.522. The van der Waals surface area contributed by atoms with Crippen LogP contribution in [0.15, 0.2) is 28.8 Å². The highest BCUT2D eigenvalue weighted by molar-refractivity contribution is 5.93. The van der Waals surface area contributed by atoms with Gasteiger partial charge in [0.1, 0.15) is 11.5 Å². The van der Waals surface area contributed by atoms with Crippen molar-refractivity contribution >= 4 is 11.8 Å². The number of carbonyl (C=O) groups excluding carboxylic acids is 2. The Balaban J connectivity index is 1.73. The number of methoxy groups -OCH3 is 3. The number of rotatable bonds is 10. The Labute approximate surface area is 188 Å². The van der Waals surface area contributed by atoms with Gasteiger partial charge in [-0.25, -0.2) is 0 Å². The van der Waals surface area contributed by atoms with E-state index in [0.29, 0.717) is 42.5 Å². The van der Waals surface area contributed by atoms with Gasteiger partial charge in [-0.05, 0) is 37.5 Å². The second kappa shape index (κ2) is 11.5. The summed E-state index contributed by atoms with van der Waals surface area (Å²) in [6.45, 7) is 2.59. The Hall–Kier alpha value is -3.07. The fourth-order valence-electron chi connectivity index (χ4n) is 3.72. The number of benzene rings is 1. The van der Waals surface area contributed by atoms with Crippen molar-refractivity contribution in [1.82, 2.24) is 15.0 Å². The van der Waals surface area contributed by atoms with Gasteiger partial charge in [0.2, 0.25) is 5.91 Å². The number of likely N-dealkylation sites (tertiary alicyclic amines) is 1. The molecule has 1 aromatic heterocycles. The van der Waals surface area contributed by atoms with E-state index in [9.17, 15) is 9.59 Å². The highest BCUT2D eigenvalue weighted by atomic mass is 16.5. The molecule has 1 aromatic carbocycles. The summed E-state index contributed by atoms with van der Waals surface area (Å²) in [7, 11) is 4.70. The number of aromatic nitrogens is 1. The van der Waals surface area contributed by atoms with Gasteiger partial charge in [-0.2, -0.15) is 0 Å². The maximum atomic E-state index is 13.1. The number of carbonyl (C=O) groups is 2. The quantitative estimate of drug-likeness (QED) is 0.555. The van der Waals surface area contributed by atoms with Crippen molar-refractivity contribution in [3.8, 4) is 22.8 Å². The Bertz CT molecular complexity index is 907. The molecule has 2 aromatic rings. The van der Waals surface area contributed by atoms with E-state index in [1.165, 1.54) is 0 Å². The Morgan fingerprint density at radius 3 is 2.53 bits per heavy atom. The van der Waals surface area contributed by atoms with Crippen molar-refractivity contribution < 1.29 is 28.3 Å². The molecule has 9 nitrogen and oxygen atoms in total. The molecule has 3 rings (SSSR count). The number of piperidine rings is 1. The monoisotopic (exact) mass is 445 g/mol. The van der Waals surface area contributed by atoms with Crippen LogP contribution in [0.2, 0.25) is 0 Å². The van der Waals surface area contributed by atoms with E-state index in [1.807, 2.05) is 4.90 Å². The first-order chi connectivity index (χ1) is 15.6. The molecule has 0 N–H and O–H groups in total. The lowest BCUT2D eigenvalue weighted by Crippen LogP contribution is -2.40. The molecule has 0 bridgehead atoms. The van der Waals surface area contributed by atoms with E-state index < -0.39 is 0 Å². The van der Waals surface area contributed by atoms with Crippen molar-refractivity contribution in [1.29, 1.82) is 0 Å². The predicted molar refractivity (Wildman–Crippen MR) is 118 cm³/mol. The third-order valence-corrected chi connectivity index (χ3v) is 5.56. The summed E-state index contributed by atoms with van der Waals surface area (Å²) >= 11 is 0. The molecule has 0 spiro atoms. The molecular formula is C23H31N3O6. The third-order valence-electron chi connectivity index (χ3n) is 5.56. The van der Waals surface area contributed by atoms with E-state index in [2.05, 4.69) is 5.16 Å². The second-order valence-corrected chi connectivity index (χ2v) is 7.62. The van der Waals surface area contributed by atoms with Crippen LogP contribution in [0.3, 0.4) is 0 Å². The Kier molecular flexibility index (Phi) is 8.49. The summed E-state index contributed by atoms with van der Waals surface area (Å²) in [5.41, 5.74) is 0.786. The highest BCUT2D eigenvalue weighted by Gasteiger charge is 2.24. The molecule has 0 aliphatic carbocycles. The molecule has 0 radical (unpaired) electrons. The smallest absolute Gasteiger partial charge is 0.276 e. The molecule has 1 fully saturated rings. The average Bonchev–Trinajstić information content (AvgIpc) is 3.34. The van der Waals surface area contributed by atoms with Crippen LogP contribution in [0.1, 0.15) is 36.2 Å². The molecule has 32 heavy (non-hydrogen) atoms. The van der Waals surface area contributed by atoms with Gasteiger partial charge < -0.3 is 28.5 Å². The molecule has 0 saturated carbocycles. The van der Waals surface area contributed by atoms with E-state index in [4.69, 9.17) is 18.7 Å². The first-order valence-corrected chi connectivity index (χ1v) is 10.8. The number of amides is 2. The van der Waals surface area contributed by atoms with Gasteiger partial charge in [0.05, 0.1) is 26.4 Å². The highest BCUT2D eigenvalue weighted by Crippen LogP contribution is 2.33. The summed E-state index contributed by atoms with van der Waals surface area (Å²) in [6.07, 6.45) is 3.50. The molecule has 1 aliphatic rings. The number of hydrogen-bond donors (Lipinski definition) is 0. The van der Waals surface area contributed by atoms with Gasteiger partial charge in [0.15, 0.2) is 11.5 Å². The lowest BCUT2D eigenvalue weighted by atomic mass is 10.1. The van der Waals surface area contributed by atoms with Crippen LogP contribution in [0, 0.1) is 0 Å². The number of ether oxygens (including phenoxy) is 3. The van der Waals surface area contributed by atoms with Crippen LogP contribution in [-0.2, 0) is 9.53 Å². The minimum atomic E-state index is -0.314. The Morgan fingerprint density at radius 1 is 1.06 bits per heavy atom. The van der Waals surface area contributed by atoms with Crippen molar-refractivity contribution in [2.45, 2.75) is 25.7 Å². The van der Waals surface area contributed by atoms with Crippen molar-refractivity contribution in [2.75, 3.05) is 54.1 Å². The van der Waals surface area contributed by atoms with Crippen LogP contribution in [0.4, 0.5) is 0 Å². The first-order valence-electron chi connectivity index (χ1n) is 10.8. The summed E-state index contributed by atoms with van der Waals surface area (Å²) in [6, 6.07) is 6.87. The van der Waals surface area contributed by atoms with E-state index in [0.717, 1.165) is 32.4 Å². The van der Waals surface area contributed by atoms with E-state index in [1.54, 1.807) is 50.5 Å². The molecule has 1 aliphatic heterocycles. The topological polar surface area (TPSA) is 94.3 Å². The number of nitrogens with zero attached hydrogens (tertiary/aromatic N) is 3. The van der Waals surface area contributed by atoms with Gasteiger partial charge in [0.25, 0.3) is 5.91 Å². The number of hydrogen-bond acceptors (Lipinski definition) is 7. The summed E-state index contributed by atoms with van der Waals surface area (Å²) in [5.74, 6) is 1.35. The summed E-state index contributed by atoms with van der Waals surface area (Å²) in [4.78, 5) is 29.1. The second-order valence-electron chi connectivity index (χ2n) is 7.62. The molecule has 2 amide bonds. The lowest BCUT2D eigenvalue weighted by Gasteiger charge is -2.28. The molecule has 0 atom stereocenters. The molecular weight excluding hydrogens is 414 g/mol. The molecule has 9 heteroatoms. The van der Waals surface area contributed by atoms with Crippen LogP contribution in [0.5, 0.6) is 11.5 Å². The minimum absolute atomic E-state index is 0.0712. The minimum Gasteiger partial charge on any atom is -0.497 e. The predicted octanol–water partition coefficient (Wildman–Crippen LogP) is 2.85. The molecule has 2 heterocycles. The lowest BCUT2D eigenvalue weighted by molar-refractivity contribution is -0.132. The maximum Gasteiger partial charge on any atom is 0.276 e. The van der Waals surface area contributed by atoms with Gasteiger partial charge in [-0.15, -0.1) is 0 Å². The standard InChI is InChI=1S/C23H31N3O6/c1-29-14-13-26(12-9-22(27)25-10-5-4-6-11-25)23(28)19-16-21(32-24-19)18-15-17(30-2)7-8-20(18)31-3/h7-8,15-16H,4-6,9-14H2,1-3H3. The average molecular weight is 446 g/mol. The van der Waals surface area contributed by atoms with Crippen molar-refractivity contribution in [3.63, 3.8) is 0 Å². The van der Waals surface area contributed by atoms with Crippen LogP contribution in [-0.4, -0.2) is 80.9 Å². The molecule has 174 valence electrons. The SMILES string of the molecule is COCCN(CCC(=O)N1CCCCC1)C(=O)c1cc(-c2cc(OC)ccc2OC)on1. The zero-order valence-corrected chi connectivity index (χ0v) is 19.0. The van der Waals surface area contributed by atoms with Gasteiger partial charge >= 0.3 is 0 Å². The zero-order valence-electron chi connectivity index (χ0n) is 19.0. The van der Waals surface area contributed by atoms with Crippen LogP contribution >= 0.6 is 0 Å². The van der Waals surface area contributed by atoms with E-state index in [-0.39, 0.29) is 23.9 Å². The van der Waals surface area contributed by atoms with Gasteiger partial charge in [0, 0.05) is 45.8 Å². The van der Waals surface area contributed by atoms with Gasteiger partial charge in [-0.1, -0.05) is 5.16 Å². The Morgan fingerprint density at radius 2 is 1.84 bits per heavy atom. The van der Waals surface area contributed by atoms with Crippen molar-refractivity contribution in [3.05, 3.63) is 30.0 Å². The molecule has 1 saturated heterocycles. The largest absolute Gasteiger partial charge is 0.497 e.